The van der Waals surface area contributed by atoms with Gasteiger partial charge in [0.1, 0.15) is 0 Å². The molecule has 1 amide bonds. The Morgan fingerprint density at radius 3 is 2.42 bits per heavy atom. The number of rotatable bonds is 6. The van der Waals surface area contributed by atoms with E-state index in [4.69, 9.17) is 5.73 Å². The van der Waals surface area contributed by atoms with Gasteiger partial charge < -0.3 is 11.1 Å². The Balaban J connectivity index is 2.46. The van der Waals surface area contributed by atoms with Crippen LogP contribution in [0.2, 0.25) is 0 Å². The zero-order valence-electron chi connectivity index (χ0n) is 11.1. The van der Waals surface area contributed by atoms with Crippen molar-refractivity contribution >= 4 is 11.6 Å². The van der Waals surface area contributed by atoms with Crippen molar-refractivity contribution in [1.29, 1.82) is 0 Å². The molecule has 0 aliphatic rings. The second-order valence-corrected chi connectivity index (χ2v) is 4.81. The summed E-state index contributed by atoms with van der Waals surface area (Å²) in [5, 5.41) is 13.2. The summed E-state index contributed by atoms with van der Waals surface area (Å²) in [7, 11) is 0. The Bertz CT molecular complexity index is 443. The minimum absolute atomic E-state index is 0.0194. The molecule has 0 spiro atoms. The van der Waals surface area contributed by atoms with Gasteiger partial charge in [-0.15, -0.1) is 0 Å². The minimum atomic E-state index is -0.467. The smallest absolute Gasteiger partial charge is 0.269 e. The molecule has 0 bridgehead atoms. The van der Waals surface area contributed by atoms with Gasteiger partial charge >= 0.3 is 0 Å². The lowest BCUT2D eigenvalue weighted by atomic mass is 10.1. The fraction of sp³-hybridized carbons (Fsp3) is 0.462. The highest BCUT2D eigenvalue weighted by molar-refractivity contribution is 5.78. The Kier molecular flexibility index (Phi) is 5.44. The molecule has 19 heavy (non-hydrogen) atoms. The van der Waals surface area contributed by atoms with E-state index in [1.54, 1.807) is 12.1 Å². The van der Waals surface area contributed by atoms with E-state index in [0.29, 0.717) is 12.5 Å². The van der Waals surface area contributed by atoms with Crippen molar-refractivity contribution in [1.82, 2.24) is 5.32 Å². The molecule has 0 saturated heterocycles. The van der Waals surface area contributed by atoms with Gasteiger partial charge in [-0.1, -0.05) is 26.0 Å². The van der Waals surface area contributed by atoms with Crippen molar-refractivity contribution in [2.24, 2.45) is 11.7 Å². The van der Waals surface area contributed by atoms with Crippen LogP contribution in [0.1, 0.15) is 19.4 Å². The summed E-state index contributed by atoms with van der Waals surface area (Å²) in [6.45, 7) is 4.42. The lowest BCUT2D eigenvalue weighted by Gasteiger charge is -2.16. The summed E-state index contributed by atoms with van der Waals surface area (Å²) in [6.07, 6.45) is 0.197. The topological polar surface area (TPSA) is 98.3 Å². The molecule has 0 aliphatic heterocycles. The maximum atomic E-state index is 11.7. The molecule has 1 atom stereocenters. The molecule has 1 rings (SSSR count). The highest BCUT2D eigenvalue weighted by Crippen LogP contribution is 2.12. The molecule has 3 N–H and O–H groups in total. The molecule has 1 unspecified atom stereocenters. The van der Waals surface area contributed by atoms with Crippen molar-refractivity contribution in [2.75, 3.05) is 6.54 Å². The lowest BCUT2D eigenvalue weighted by Crippen LogP contribution is -2.40. The summed E-state index contributed by atoms with van der Waals surface area (Å²) in [5.41, 5.74) is 6.58. The molecule has 6 nitrogen and oxygen atoms in total. The fourth-order valence-corrected chi connectivity index (χ4v) is 1.45. The zero-order chi connectivity index (χ0) is 14.4. The van der Waals surface area contributed by atoms with Crippen LogP contribution in [0, 0.1) is 16.0 Å². The normalized spacial score (nSPS) is 12.2. The van der Waals surface area contributed by atoms with Crippen LogP contribution in [0.3, 0.4) is 0 Å². The number of nitro benzene ring substituents is 1. The number of amides is 1. The Morgan fingerprint density at radius 2 is 1.95 bits per heavy atom. The van der Waals surface area contributed by atoms with Crippen molar-refractivity contribution in [3.8, 4) is 0 Å². The molecule has 0 aromatic heterocycles. The third-order valence-electron chi connectivity index (χ3n) is 2.90. The highest BCUT2D eigenvalue weighted by atomic mass is 16.6. The van der Waals surface area contributed by atoms with Gasteiger partial charge in [-0.2, -0.15) is 0 Å². The summed E-state index contributed by atoms with van der Waals surface area (Å²) < 4.78 is 0. The number of hydrogen-bond donors (Lipinski definition) is 2. The Morgan fingerprint density at radius 1 is 1.37 bits per heavy atom. The number of nitrogens with two attached hydrogens (primary N) is 1. The van der Waals surface area contributed by atoms with E-state index < -0.39 is 4.92 Å². The number of carbonyl (C=O) groups is 1. The van der Waals surface area contributed by atoms with Gasteiger partial charge in [0.25, 0.3) is 5.69 Å². The Labute approximate surface area is 112 Å². The first-order chi connectivity index (χ1) is 8.90. The molecule has 104 valence electrons. The maximum Gasteiger partial charge on any atom is 0.269 e. The third-order valence-corrected chi connectivity index (χ3v) is 2.90. The van der Waals surface area contributed by atoms with Crippen LogP contribution < -0.4 is 11.1 Å². The van der Waals surface area contributed by atoms with E-state index in [9.17, 15) is 14.9 Å². The van der Waals surface area contributed by atoms with E-state index in [1.807, 2.05) is 13.8 Å². The summed E-state index contributed by atoms with van der Waals surface area (Å²) in [6, 6.07) is 5.88. The SMILES string of the molecule is CC(C)C(N)CNC(=O)Cc1ccc([N+](=O)[O-])cc1. The van der Waals surface area contributed by atoms with Crippen LogP contribution in [-0.4, -0.2) is 23.4 Å². The molecule has 0 heterocycles. The Hall–Kier alpha value is -1.95. The first-order valence-corrected chi connectivity index (χ1v) is 6.15. The van der Waals surface area contributed by atoms with Crippen LogP contribution >= 0.6 is 0 Å². The van der Waals surface area contributed by atoms with E-state index >= 15 is 0 Å². The van der Waals surface area contributed by atoms with Gasteiger partial charge in [-0.3, -0.25) is 14.9 Å². The summed E-state index contributed by atoms with van der Waals surface area (Å²) in [4.78, 5) is 21.7. The van der Waals surface area contributed by atoms with E-state index in [1.165, 1.54) is 12.1 Å². The van der Waals surface area contributed by atoms with Crippen LogP contribution in [-0.2, 0) is 11.2 Å². The van der Waals surface area contributed by atoms with Gasteiger partial charge in [-0.05, 0) is 11.5 Å². The van der Waals surface area contributed by atoms with Gasteiger partial charge in [-0.25, -0.2) is 0 Å². The van der Waals surface area contributed by atoms with E-state index in [0.717, 1.165) is 5.56 Å². The third kappa shape index (κ3) is 5.05. The van der Waals surface area contributed by atoms with E-state index in [-0.39, 0.29) is 24.1 Å². The van der Waals surface area contributed by atoms with Gasteiger partial charge in [0.2, 0.25) is 5.91 Å². The number of benzene rings is 1. The molecule has 0 saturated carbocycles. The number of nitro groups is 1. The average molecular weight is 265 g/mol. The van der Waals surface area contributed by atoms with Crippen molar-refractivity contribution in [3.63, 3.8) is 0 Å². The van der Waals surface area contributed by atoms with Gasteiger partial charge in [0.05, 0.1) is 11.3 Å². The van der Waals surface area contributed by atoms with Gasteiger partial charge in [0, 0.05) is 24.7 Å². The molecule has 6 heteroatoms. The largest absolute Gasteiger partial charge is 0.354 e. The van der Waals surface area contributed by atoms with Crippen molar-refractivity contribution in [3.05, 3.63) is 39.9 Å². The number of nitrogens with zero attached hydrogens (tertiary/aromatic N) is 1. The van der Waals surface area contributed by atoms with Crippen molar-refractivity contribution < 1.29 is 9.72 Å². The molecular weight excluding hydrogens is 246 g/mol. The summed E-state index contributed by atoms with van der Waals surface area (Å²) in [5.74, 6) is 0.171. The minimum Gasteiger partial charge on any atom is -0.354 e. The molecule has 1 aromatic rings. The second kappa shape index (κ2) is 6.84. The predicted octanol–water partition coefficient (Wildman–Crippen LogP) is 1.24. The highest BCUT2D eigenvalue weighted by Gasteiger charge is 2.10. The van der Waals surface area contributed by atoms with Crippen molar-refractivity contribution in [2.45, 2.75) is 26.3 Å². The molecule has 0 aliphatic carbocycles. The van der Waals surface area contributed by atoms with Crippen LogP contribution in [0.5, 0.6) is 0 Å². The lowest BCUT2D eigenvalue weighted by molar-refractivity contribution is -0.384. The fourth-order valence-electron chi connectivity index (χ4n) is 1.45. The first-order valence-electron chi connectivity index (χ1n) is 6.15. The standard InChI is InChI=1S/C13H19N3O3/c1-9(2)12(14)8-15-13(17)7-10-3-5-11(6-4-10)16(18)19/h3-6,9,12H,7-8,14H2,1-2H3,(H,15,17). The molecule has 0 radical (unpaired) electrons. The number of carbonyl (C=O) groups excluding carboxylic acids is 1. The average Bonchev–Trinajstić information content (AvgIpc) is 2.36. The second-order valence-electron chi connectivity index (χ2n) is 4.81. The maximum absolute atomic E-state index is 11.7. The van der Waals surface area contributed by atoms with Gasteiger partial charge in [0.15, 0.2) is 0 Å². The number of non-ortho nitro benzene ring substituents is 1. The predicted molar refractivity (Wildman–Crippen MR) is 72.6 cm³/mol. The zero-order valence-corrected chi connectivity index (χ0v) is 11.1. The van der Waals surface area contributed by atoms with Crippen LogP contribution in [0.15, 0.2) is 24.3 Å². The quantitative estimate of drug-likeness (QED) is 0.597. The van der Waals surface area contributed by atoms with E-state index in [2.05, 4.69) is 5.32 Å². The van der Waals surface area contributed by atoms with Crippen LogP contribution in [0.4, 0.5) is 5.69 Å². The molecule has 0 fully saturated rings. The summed E-state index contributed by atoms with van der Waals surface area (Å²) >= 11 is 0. The number of nitrogens with one attached hydrogen (secondary N) is 1. The first kappa shape index (κ1) is 15.1. The monoisotopic (exact) mass is 265 g/mol. The molecular formula is C13H19N3O3. The van der Waals surface area contributed by atoms with Crippen LogP contribution in [0.25, 0.3) is 0 Å². The number of hydrogen-bond acceptors (Lipinski definition) is 4. The molecule has 1 aromatic carbocycles.